The van der Waals surface area contributed by atoms with Gasteiger partial charge in [0, 0.05) is 64.5 Å². The average molecular weight is 1570 g/mol. The Kier molecular flexibility index (Phi) is 16.8. The van der Waals surface area contributed by atoms with Crippen LogP contribution in [0.2, 0.25) is 0 Å². The van der Waals surface area contributed by atoms with E-state index in [1.807, 2.05) is 36.4 Å². The second kappa shape index (κ2) is 25.6. The number of anilines is 9. The molecule has 6 heterocycles. The second-order valence-corrected chi connectivity index (χ2v) is 36.6. The predicted octanol–water partition coefficient (Wildman–Crippen LogP) is 24.2. The third kappa shape index (κ3) is 11.4. The molecule has 0 aromatic heterocycles. The molecule has 0 amide bonds. The molecule has 107 heavy (non-hydrogen) atoms. The van der Waals surface area contributed by atoms with Crippen molar-refractivity contribution in [2.45, 2.75) is 116 Å². The Labute approximate surface area is 645 Å². The van der Waals surface area contributed by atoms with E-state index in [2.05, 4.69) is 334 Å². The number of sulfone groups is 2. The molecule has 0 unspecified atom stereocenters. The van der Waals surface area contributed by atoms with Crippen molar-refractivity contribution >= 4 is 115 Å². The van der Waals surface area contributed by atoms with Crippen molar-refractivity contribution in [3.63, 3.8) is 0 Å². The first-order valence-corrected chi connectivity index (χ1v) is 40.7. The largest absolute Gasteiger partial charge is 0.494 e. The Balaban J connectivity index is 0.000000144. The first-order valence-electron chi connectivity index (χ1n) is 36.2. The Hall–Kier alpha value is -9.90. The third-order valence-electron chi connectivity index (χ3n) is 23.1. The maximum Gasteiger partial charge on any atom is 0.494 e. The summed E-state index contributed by atoms with van der Waals surface area (Å²) in [6.07, 6.45) is 0. The Morgan fingerprint density at radius 3 is 0.794 bits per heavy atom. The normalized spacial score (nSPS) is 17.1. The van der Waals surface area contributed by atoms with E-state index >= 15 is 0 Å². The lowest BCUT2D eigenvalue weighted by atomic mass is 9.73. The first kappa shape index (κ1) is 70.1. The van der Waals surface area contributed by atoms with Crippen molar-refractivity contribution < 1.29 is 26.1 Å². The zero-order chi connectivity index (χ0) is 74.5. The number of fused-ring (bicyclic) bond motifs is 12. The van der Waals surface area contributed by atoms with Gasteiger partial charge < -0.3 is 24.0 Å². The Morgan fingerprint density at radius 1 is 0.280 bits per heavy atom. The van der Waals surface area contributed by atoms with Crippen LogP contribution in [0.5, 0.6) is 0 Å². The molecule has 0 spiro atoms. The number of hydrogen-bond acceptors (Lipinski definition) is 9. The monoisotopic (exact) mass is 1570 g/mol. The number of nitrogens with zero attached hydrogens (tertiary/aromatic N) is 3. The van der Waals surface area contributed by atoms with Crippen LogP contribution in [0, 0.1) is 0 Å². The van der Waals surface area contributed by atoms with E-state index in [9.17, 15) is 16.8 Å². The van der Waals surface area contributed by atoms with E-state index < -0.39 is 19.7 Å². The van der Waals surface area contributed by atoms with Gasteiger partial charge in [-0.3, -0.25) is 0 Å². The van der Waals surface area contributed by atoms with E-state index in [0.29, 0.717) is 19.6 Å². The van der Waals surface area contributed by atoms with E-state index in [4.69, 9.17) is 9.31 Å². The minimum absolute atomic E-state index is 0.0493. The molecular weight excluding hydrogens is 1490 g/mol. The highest BCUT2D eigenvalue weighted by atomic mass is 79.9. The van der Waals surface area contributed by atoms with Crippen LogP contribution in [0.25, 0.3) is 44.5 Å². The molecular formula is C93H78BBr2N3O6S2. The minimum Gasteiger partial charge on any atom is -0.399 e. The molecule has 9 nitrogen and oxygen atoms in total. The van der Waals surface area contributed by atoms with Crippen molar-refractivity contribution in [3.8, 4) is 44.5 Å². The lowest BCUT2D eigenvalue weighted by molar-refractivity contribution is 0.00578. The van der Waals surface area contributed by atoms with Crippen LogP contribution in [0.15, 0.2) is 320 Å². The molecule has 0 aliphatic carbocycles. The molecule has 1 saturated heterocycles. The van der Waals surface area contributed by atoms with Gasteiger partial charge >= 0.3 is 7.12 Å². The summed E-state index contributed by atoms with van der Waals surface area (Å²) in [4.78, 5) is 8.55. The maximum absolute atomic E-state index is 13.9. The molecule has 14 heteroatoms. The average Bonchev–Trinajstić information content (AvgIpc) is 1.63. The smallest absolute Gasteiger partial charge is 0.399 e. The molecule has 1 fully saturated rings. The van der Waals surface area contributed by atoms with Gasteiger partial charge in [0.2, 0.25) is 19.7 Å². The van der Waals surface area contributed by atoms with Gasteiger partial charge in [-0.25, -0.2) is 16.8 Å². The highest BCUT2D eigenvalue weighted by molar-refractivity contribution is 9.10. The van der Waals surface area contributed by atoms with E-state index in [1.165, 1.54) is 67.5 Å². The van der Waals surface area contributed by atoms with Gasteiger partial charge in [0.1, 0.15) is 0 Å². The SMILES string of the molecule is CC1(C)c2ccccc2N(c2ccc(-c3ccc4c(c3)-c3cc(-c5ccc(N6c7ccccc7C(C)(C)c7ccccc76)cc5)ccc3S4(=O)=O)cc2)c2ccccc21.CC1(C)c2ccccc2N(c2ccc(B3OC(C)(C)C(C)(C)O3)cc2)c2ccccc21.O=S1(=O)c2ccc(Br)cc2-c2cc(Br)ccc21. The molecule has 530 valence electrons. The molecule has 13 aromatic rings. The van der Waals surface area contributed by atoms with Crippen LogP contribution in [-0.2, 0) is 45.2 Å². The standard InChI is InChI=1S/C54H42N2O2S.C27H30BNO2.C12H6Br2O2S/c1-53(2)43-13-5-9-17-47(43)55(48-18-10-6-14-44(48)53)39-27-21-35(22-28-39)37-25-31-51-41(33-37)42-34-38(26-32-52(42)59(51,57)58)36-23-29-40(30-24-36)56-49-19-11-7-15-45(49)54(3,4)46-16-8-12-20-50(46)56;1-25(2)21-11-7-9-13-23(21)29(24-14-10-8-12-22(24)25)20-17-15-19(16-18-20)28-30-26(3,4)27(5,6)31-28;13-7-1-3-11-9(5-7)10-6-8(14)2-4-12(10)17(11,15)16/h5-34H,1-4H3;7-18H,1-6H3;1-6H. The van der Waals surface area contributed by atoms with Crippen molar-refractivity contribution in [1.29, 1.82) is 0 Å². The highest BCUT2D eigenvalue weighted by Crippen LogP contribution is 2.56. The first-order chi connectivity index (χ1) is 51.1. The van der Waals surface area contributed by atoms with Crippen molar-refractivity contribution in [3.05, 3.63) is 334 Å². The van der Waals surface area contributed by atoms with Crippen LogP contribution in [0.1, 0.15) is 103 Å². The fourth-order valence-electron chi connectivity index (χ4n) is 16.6. The topological polar surface area (TPSA) is 96.5 Å². The quantitative estimate of drug-likeness (QED) is 0.151. The van der Waals surface area contributed by atoms with Gasteiger partial charge in [0.25, 0.3) is 0 Å². The van der Waals surface area contributed by atoms with Crippen molar-refractivity contribution in [2.24, 2.45) is 0 Å². The van der Waals surface area contributed by atoms with E-state index in [0.717, 1.165) is 76.0 Å². The van der Waals surface area contributed by atoms with Gasteiger partial charge in [-0.05, 0) is 222 Å². The Bertz CT molecular complexity index is 5610. The van der Waals surface area contributed by atoms with Crippen molar-refractivity contribution in [1.82, 2.24) is 0 Å². The van der Waals surface area contributed by atoms with Crippen LogP contribution < -0.4 is 20.2 Å². The summed E-state index contributed by atoms with van der Waals surface area (Å²) in [5.41, 5.74) is 25.4. The second-order valence-electron chi connectivity index (χ2n) is 31.0. The third-order valence-corrected chi connectivity index (χ3v) is 27.8. The molecule has 19 rings (SSSR count). The van der Waals surface area contributed by atoms with E-state index in [-0.39, 0.29) is 34.6 Å². The summed E-state index contributed by atoms with van der Waals surface area (Å²) in [6, 6.07) is 99.9. The summed E-state index contributed by atoms with van der Waals surface area (Å²) in [6.45, 7) is 22.2. The predicted molar refractivity (Wildman–Crippen MR) is 444 cm³/mol. The molecule has 0 saturated carbocycles. The van der Waals surface area contributed by atoms with Gasteiger partial charge in [0.15, 0.2) is 0 Å². The maximum atomic E-state index is 13.9. The lowest BCUT2D eigenvalue weighted by Gasteiger charge is -2.42. The number of halogens is 2. The van der Waals surface area contributed by atoms with Crippen molar-refractivity contribution in [2.75, 3.05) is 14.7 Å². The van der Waals surface area contributed by atoms with Gasteiger partial charge in [0.05, 0.1) is 64.9 Å². The molecule has 0 atom stereocenters. The van der Waals surface area contributed by atoms with E-state index in [1.54, 1.807) is 36.4 Å². The van der Waals surface area contributed by atoms with Crippen LogP contribution in [-0.4, -0.2) is 35.2 Å². The van der Waals surface area contributed by atoms with Gasteiger partial charge in [-0.1, -0.05) is 231 Å². The molecule has 0 N–H and O–H groups in total. The molecule has 13 aromatic carbocycles. The zero-order valence-electron chi connectivity index (χ0n) is 61.2. The minimum atomic E-state index is -3.65. The van der Waals surface area contributed by atoms with Gasteiger partial charge in [-0.2, -0.15) is 0 Å². The number of hydrogen-bond donors (Lipinski definition) is 0. The summed E-state index contributed by atoms with van der Waals surface area (Å²) in [5, 5.41) is 0. The summed E-state index contributed by atoms with van der Waals surface area (Å²) >= 11 is 6.73. The van der Waals surface area contributed by atoms with Crippen LogP contribution in [0.4, 0.5) is 51.2 Å². The Morgan fingerprint density at radius 2 is 0.514 bits per heavy atom. The lowest BCUT2D eigenvalue weighted by Crippen LogP contribution is -2.41. The highest BCUT2D eigenvalue weighted by Gasteiger charge is 2.52. The zero-order valence-corrected chi connectivity index (χ0v) is 66.0. The molecule has 0 bridgehead atoms. The fraction of sp³-hybridized carbons (Fsp3) is 0.161. The summed E-state index contributed by atoms with van der Waals surface area (Å²) in [7, 11) is -7.34. The number of rotatable bonds is 6. The molecule has 6 aliphatic heterocycles. The fourth-order valence-corrected chi connectivity index (χ4v) is 20.7. The van der Waals surface area contributed by atoms with Gasteiger partial charge in [-0.15, -0.1) is 0 Å². The summed E-state index contributed by atoms with van der Waals surface area (Å²) in [5.74, 6) is 0. The van der Waals surface area contributed by atoms with Crippen LogP contribution in [0.3, 0.4) is 0 Å². The molecule has 6 aliphatic rings. The van der Waals surface area contributed by atoms with Crippen LogP contribution >= 0.6 is 31.9 Å². The number of benzene rings is 13. The number of para-hydroxylation sites is 6. The molecule has 0 radical (unpaired) electrons. The summed E-state index contributed by atoms with van der Waals surface area (Å²) < 4.78 is 66.5.